The lowest BCUT2D eigenvalue weighted by atomic mass is 9.49. The van der Waals surface area contributed by atoms with Gasteiger partial charge in [0.2, 0.25) is 0 Å². The third-order valence-electron chi connectivity index (χ3n) is 25.6. The zero-order chi connectivity index (χ0) is 98.9. The summed E-state index contributed by atoms with van der Waals surface area (Å²) in [6, 6.07) is 62.8. The Kier molecular flexibility index (Phi) is 35.6. The number of esters is 2. The van der Waals surface area contributed by atoms with E-state index in [0.717, 1.165) is 103 Å². The Morgan fingerprint density at radius 3 is 0.842 bits per heavy atom. The summed E-state index contributed by atoms with van der Waals surface area (Å²) in [5.74, 6) is 4.23. The topological polar surface area (TPSA) is 182 Å². The highest BCUT2D eigenvalue weighted by molar-refractivity contribution is 9.10. The molecule has 0 atom stereocenters. The molecule has 3 aliphatic rings. The Labute approximate surface area is 811 Å². The minimum atomic E-state index is -0.781. The number of rotatable bonds is 20. The molecule has 11 aromatic carbocycles. The van der Waals surface area contributed by atoms with Crippen molar-refractivity contribution >= 4 is 119 Å². The van der Waals surface area contributed by atoms with Crippen molar-refractivity contribution in [3.63, 3.8) is 0 Å². The average molecular weight is 1940 g/mol. The summed E-state index contributed by atoms with van der Waals surface area (Å²) in [7, 11) is 5.46. The van der Waals surface area contributed by atoms with E-state index in [-0.39, 0.29) is 70.9 Å². The molecular weight excluding hydrogens is 1790 g/mol. The van der Waals surface area contributed by atoms with Gasteiger partial charge in [0.05, 0.1) is 81.3 Å². The van der Waals surface area contributed by atoms with Gasteiger partial charge in [-0.15, -0.1) is 0 Å². The molecule has 21 heteroatoms. The van der Waals surface area contributed by atoms with Crippen molar-refractivity contribution in [1.29, 1.82) is 0 Å². The molecule has 14 rings (SSSR count). The first kappa shape index (κ1) is 108. The van der Waals surface area contributed by atoms with Gasteiger partial charge in [-0.25, -0.2) is 0 Å². The molecule has 0 aromatic heterocycles. The lowest BCUT2D eigenvalue weighted by Crippen LogP contribution is -2.41. The second-order valence-electron chi connectivity index (χ2n) is 41.9. The van der Waals surface area contributed by atoms with Gasteiger partial charge in [0.1, 0.15) is 34.2 Å². The third kappa shape index (κ3) is 27.9. The number of hydrogen-bond donors (Lipinski definition) is 1. The fraction of sp³-hybridized carbons (Fsp3) is 0.455. The molecule has 0 bridgehead atoms. The number of hydrogen-bond acceptors (Lipinski definition) is 15. The largest absolute Gasteiger partial charge is 0.497 e. The van der Waals surface area contributed by atoms with Crippen molar-refractivity contribution in [3.8, 4) is 45.3 Å². The molecular formula is C112H145B3Br2O16. The molecule has 0 amide bonds. The van der Waals surface area contributed by atoms with Gasteiger partial charge in [-0.3, -0.25) is 14.4 Å². The maximum Gasteiger partial charge on any atom is 0.494 e. The zero-order valence-electron chi connectivity index (χ0n) is 85.5. The number of fused-ring (bicyclic) bond motifs is 4. The molecule has 0 aliphatic carbocycles. The highest BCUT2D eigenvalue weighted by Crippen LogP contribution is 2.46. The second kappa shape index (κ2) is 44.0. The summed E-state index contributed by atoms with van der Waals surface area (Å²) in [4.78, 5) is 36.4. The number of halogens is 2. The van der Waals surface area contributed by atoms with Crippen LogP contribution >= 0.6 is 31.9 Å². The van der Waals surface area contributed by atoms with E-state index in [0.29, 0.717) is 36.5 Å². The van der Waals surface area contributed by atoms with Gasteiger partial charge < -0.3 is 61.5 Å². The molecule has 0 saturated carbocycles. The molecule has 712 valence electrons. The first-order valence-corrected chi connectivity index (χ1v) is 48.2. The van der Waals surface area contributed by atoms with Crippen LogP contribution in [0.1, 0.15) is 293 Å². The Hall–Kier alpha value is -9.02. The zero-order valence-corrected chi connectivity index (χ0v) is 88.6. The minimum Gasteiger partial charge on any atom is -0.497 e. The van der Waals surface area contributed by atoms with Crippen LogP contribution in [-0.4, -0.2) is 117 Å². The van der Waals surface area contributed by atoms with Crippen LogP contribution in [0.5, 0.6) is 23.0 Å². The van der Waals surface area contributed by atoms with E-state index >= 15 is 0 Å². The smallest absolute Gasteiger partial charge is 0.494 e. The van der Waals surface area contributed by atoms with Gasteiger partial charge in [0, 0.05) is 8.95 Å². The van der Waals surface area contributed by atoms with Gasteiger partial charge in [0.15, 0.2) is 0 Å². The highest BCUT2D eigenvalue weighted by Gasteiger charge is 2.64. The van der Waals surface area contributed by atoms with E-state index in [1.54, 1.807) is 28.4 Å². The first-order chi connectivity index (χ1) is 61.8. The molecule has 11 aromatic rings. The minimum absolute atomic E-state index is 0.0683. The molecule has 0 spiro atoms. The lowest BCUT2D eigenvalue weighted by Gasteiger charge is -2.32. The average Bonchev–Trinajstić information content (AvgIpc) is 1.58. The summed E-state index contributed by atoms with van der Waals surface area (Å²) in [6.45, 7) is 61.8. The summed E-state index contributed by atoms with van der Waals surface area (Å²) >= 11 is 7.02. The van der Waals surface area contributed by atoms with Crippen molar-refractivity contribution in [2.24, 2.45) is 0 Å². The molecule has 3 fully saturated rings. The van der Waals surface area contributed by atoms with E-state index in [1.807, 2.05) is 145 Å². The van der Waals surface area contributed by atoms with E-state index in [4.69, 9.17) is 56.3 Å². The van der Waals surface area contributed by atoms with Crippen LogP contribution in [0.25, 0.3) is 65.3 Å². The predicted octanol–water partition coefficient (Wildman–Crippen LogP) is 28.6. The molecule has 0 radical (unpaired) electrons. The van der Waals surface area contributed by atoms with Gasteiger partial charge in [-0.1, -0.05) is 212 Å². The van der Waals surface area contributed by atoms with Crippen LogP contribution in [0.15, 0.2) is 191 Å². The standard InChI is InChI=1S/C29H36O3.C25H28O3.C18H27BrO2.C17H21BO3.C12H24B2O4.C11H9BrO/c1-18(2)25-15-23(21-9-10-22-14-24(31-8)12-11-20(22)13-21)16-26(19(3)4)27(25)17-28(30)32-29(5,6)7;1-15(2)22-12-20(13-23(16(3)4)24(22)14-25(26)27)18-6-7-19-11-21(28-5)9-8-17(19)10-18;1-11(2)14-8-13(19)9-15(12(3)4)16(14)10-17(20)21-18(5,6)7;1-16(2)17(3,4)21-18(20-16)14-8-6-13-11-15(19-5)9-7-12(13)10-14;1-9(2)10(3,4)16-13(15-9)14-17-11(5,6)12(7,8)18-14;1-13-11-5-3-8-6-10(12)4-2-9(8)7-11/h9-16,18-19H,17H2,1-8H3;6-13,15-16H,14H2,1-5H3,(H,26,27);8-9,11-12H,10H2,1-7H3;6-11H,1-5H3;1-8H3;2-7H,1H3. The van der Waals surface area contributed by atoms with Crippen LogP contribution in [0, 0.1) is 0 Å². The molecule has 3 saturated heterocycles. The molecule has 1 N–H and O–H groups in total. The molecule has 3 heterocycles. The normalized spacial score (nSPS) is 15.7. The monoisotopic (exact) mass is 1940 g/mol. The Balaban J connectivity index is 0.000000183. The number of carbonyl (C=O) groups excluding carboxylic acids is 2. The number of carboxylic acids is 1. The number of benzene rings is 11. The van der Waals surface area contributed by atoms with Crippen LogP contribution < -0.4 is 24.4 Å². The van der Waals surface area contributed by atoms with Crippen molar-refractivity contribution in [2.75, 3.05) is 28.4 Å². The number of aliphatic carboxylic acids is 1. The second-order valence-corrected chi connectivity index (χ2v) is 43.7. The highest BCUT2D eigenvalue weighted by atomic mass is 79.9. The van der Waals surface area contributed by atoms with E-state index in [2.05, 4.69) is 276 Å². The van der Waals surface area contributed by atoms with Gasteiger partial charge in [-0.2, -0.15) is 0 Å². The van der Waals surface area contributed by atoms with Crippen LogP contribution in [0.4, 0.5) is 0 Å². The number of methoxy groups -OCH3 is 4. The fourth-order valence-electron chi connectivity index (χ4n) is 16.2. The maximum atomic E-state index is 12.7. The SMILES string of the molecule is CC(C)c1cc(Br)cc(C(C)C)c1CC(=O)OC(C)(C)C.CC1(C)OB(B2OC(C)(C)C(C)(C)O2)OC1(C)C.COc1ccc2cc(-c3cc(C(C)C)c(CC(=O)O)c(C(C)C)c3)ccc2c1.COc1ccc2cc(-c3cc(C(C)C)c(CC(=O)OC(C)(C)C)c(C(C)C)c3)ccc2c1.COc1ccc2cc(B3OC(C)(C)C(C)(C)O3)ccc2c1.COc1ccc2cc(Br)ccc2c1. The van der Waals surface area contributed by atoms with Crippen molar-refractivity contribution in [1.82, 2.24) is 0 Å². The fourth-order valence-corrected chi connectivity index (χ4v) is 17.1. The maximum absolute atomic E-state index is 12.7. The van der Waals surface area contributed by atoms with Crippen LogP contribution in [0.3, 0.4) is 0 Å². The van der Waals surface area contributed by atoms with Crippen molar-refractivity contribution in [2.45, 2.75) is 307 Å². The lowest BCUT2D eigenvalue weighted by molar-refractivity contribution is -0.155. The van der Waals surface area contributed by atoms with Gasteiger partial charge >= 0.3 is 39.0 Å². The van der Waals surface area contributed by atoms with E-state index in [1.165, 1.54) is 49.5 Å². The molecule has 16 nitrogen and oxygen atoms in total. The van der Waals surface area contributed by atoms with E-state index in [9.17, 15) is 19.5 Å². The summed E-state index contributed by atoms with van der Waals surface area (Å²) in [5.41, 5.74) is 13.0. The third-order valence-corrected chi connectivity index (χ3v) is 26.5. The summed E-state index contributed by atoms with van der Waals surface area (Å²) in [6.07, 6.45) is 0.709. The Morgan fingerprint density at radius 1 is 0.308 bits per heavy atom. The van der Waals surface area contributed by atoms with Crippen LogP contribution in [-0.2, 0) is 71.0 Å². The number of carboxylic acid groups (broad SMARTS) is 1. The molecule has 0 unspecified atom stereocenters. The summed E-state index contributed by atoms with van der Waals surface area (Å²) in [5, 5.41) is 18.8. The molecule has 133 heavy (non-hydrogen) atoms. The van der Waals surface area contributed by atoms with Crippen molar-refractivity contribution < 1.29 is 75.8 Å². The van der Waals surface area contributed by atoms with Gasteiger partial charge in [-0.05, 0) is 366 Å². The number of ether oxygens (including phenoxy) is 6. The quantitative estimate of drug-likeness (QED) is 0.0561. The first-order valence-electron chi connectivity index (χ1n) is 46.6. The Bertz CT molecular complexity index is 5740. The Morgan fingerprint density at radius 2 is 0.556 bits per heavy atom. The predicted molar refractivity (Wildman–Crippen MR) is 558 cm³/mol. The number of carbonyl (C=O) groups is 3. The molecule has 3 aliphatic heterocycles. The van der Waals surface area contributed by atoms with Gasteiger partial charge in [0.25, 0.3) is 0 Å². The van der Waals surface area contributed by atoms with Crippen molar-refractivity contribution in [3.05, 3.63) is 241 Å². The van der Waals surface area contributed by atoms with E-state index < -0.39 is 31.2 Å². The van der Waals surface area contributed by atoms with Crippen LogP contribution in [0.2, 0.25) is 0 Å². The summed E-state index contributed by atoms with van der Waals surface area (Å²) < 4.78 is 70.4.